The van der Waals surface area contributed by atoms with Crippen LogP contribution in [0, 0.1) is 5.92 Å². The average Bonchev–Trinajstić information content (AvgIpc) is 2.83. The van der Waals surface area contributed by atoms with Gasteiger partial charge in [0, 0.05) is 45.1 Å². The number of carbonyl (C=O) groups excluding carboxylic acids is 3. The first-order chi connectivity index (χ1) is 15.9. The minimum atomic E-state index is -0.693. The van der Waals surface area contributed by atoms with Crippen molar-refractivity contribution in [2.75, 3.05) is 56.4 Å². The van der Waals surface area contributed by atoms with Gasteiger partial charge in [-0.15, -0.1) is 0 Å². The molecule has 4 amide bonds. The van der Waals surface area contributed by atoms with Crippen molar-refractivity contribution >= 4 is 34.9 Å². The zero-order valence-electron chi connectivity index (χ0n) is 19.3. The highest BCUT2D eigenvalue weighted by Gasteiger charge is 2.24. The molecule has 1 aliphatic rings. The fraction of sp³-hybridized carbons (Fsp3) is 0.375. The third-order valence-corrected chi connectivity index (χ3v) is 5.65. The molecular formula is C24H31N5O4. The predicted molar refractivity (Wildman–Crippen MR) is 129 cm³/mol. The first-order valence-electron chi connectivity index (χ1n) is 10.9. The predicted octanol–water partition coefficient (Wildman–Crippen LogP) is 2.76. The largest absolute Gasteiger partial charge is 0.495 e. The first kappa shape index (κ1) is 23.9. The van der Waals surface area contributed by atoms with Crippen molar-refractivity contribution in [1.82, 2.24) is 10.2 Å². The topological polar surface area (TPSA) is 103 Å². The Labute approximate surface area is 194 Å². The van der Waals surface area contributed by atoms with Crippen LogP contribution in [0.1, 0.15) is 12.8 Å². The van der Waals surface area contributed by atoms with E-state index in [2.05, 4.69) is 16.0 Å². The zero-order chi connectivity index (χ0) is 23.8. The zero-order valence-corrected chi connectivity index (χ0v) is 19.3. The lowest BCUT2D eigenvalue weighted by Crippen LogP contribution is -2.44. The van der Waals surface area contributed by atoms with Crippen LogP contribution in [0.3, 0.4) is 0 Å². The second-order valence-corrected chi connectivity index (χ2v) is 8.17. The van der Waals surface area contributed by atoms with Gasteiger partial charge in [-0.25, -0.2) is 4.79 Å². The molecule has 3 rings (SSSR count). The van der Waals surface area contributed by atoms with Crippen molar-refractivity contribution in [1.29, 1.82) is 0 Å². The number of rotatable bonds is 6. The normalized spacial score (nSPS) is 13.7. The van der Waals surface area contributed by atoms with Crippen LogP contribution in [-0.4, -0.2) is 63.6 Å². The molecule has 2 aromatic carbocycles. The molecule has 0 unspecified atom stereocenters. The summed E-state index contributed by atoms with van der Waals surface area (Å²) in [6, 6.07) is 14.3. The van der Waals surface area contributed by atoms with Gasteiger partial charge in [-0.3, -0.25) is 9.59 Å². The lowest BCUT2D eigenvalue weighted by Gasteiger charge is -2.32. The van der Waals surface area contributed by atoms with E-state index < -0.39 is 11.8 Å². The maximum Gasteiger partial charge on any atom is 0.321 e. The number of nitrogens with zero attached hydrogens (tertiary/aromatic N) is 2. The van der Waals surface area contributed by atoms with Gasteiger partial charge < -0.3 is 30.5 Å². The fourth-order valence-corrected chi connectivity index (χ4v) is 3.63. The smallest absolute Gasteiger partial charge is 0.321 e. The minimum Gasteiger partial charge on any atom is -0.495 e. The van der Waals surface area contributed by atoms with E-state index in [-0.39, 0.29) is 11.9 Å². The van der Waals surface area contributed by atoms with E-state index in [1.165, 1.54) is 0 Å². The van der Waals surface area contributed by atoms with Crippen LogP contribution in [0.15, 0.2) is 48.5 Å². The van der Waals surface area contributed by atoms with Gasteiger partial charge in [0.1, 0.15) is 5.75 Å². The summed E-state index contributed by atoms with van der Waals surface area (Å²) in [4.78, 5) is 40.6. The molecule has 2 aromatic rings. The number of nitrogens with one attached hydrogen (secondary N) is 3. The Hall–Kier alpha value is -3.75. The van der Waals surface area contributed by atoms with Crippen LogP contribution in [-0.2, 0) is 9.59 Å². The van der Waals surface area contributed by atoms with Crippen molar-refractivity contribution in [2.45, 2.75) is 12.8 Å². The van der Waals surface area contributed by atoms with E-state index >= 15 is 0 Å². The molecule has 1 saturated heterocycles. The van der Waals surface area contributed by atoms with E-state index in [9.17, 15) is 14.4 Å². The minimum absolute atomic E-state index is 0.179. The number of ether oxygens (including phenoxy) is 1. The molecule has 0 aliphatic carbocycles. The number of hydrogen-bond acceptors (Lipinski definition) is 5. The fourth-order valence-electron chi connectivity index (χ4n) is 3.63. The standard InChI is InChI=1S/C24H31N5O4/c1-28(2)19-10-8-18(9-11-19)26-23(31)22(30)25-16-17-12-14-29(15-13-17)24(32)27-20-6-4-5-7-21(20)33-3/h4-11,17H,12-16H2,1-3H3,(H,25,30)(H,26,31)(H,27,32). The number of methoxy groups -OCH3 is 1. The summed E-state index contributed by atoms with van der Waals surface area (Å²) in [6.45, 7) is 1.55. The second-order valence-electron chi connectivity index (χ2n) is 8.17. The maximum atomic E-state index is 12.6. The van der Waals surface area contributed by atoms with E-state index in [0.29, 0.717) is 36.8 Å². The van der Waals surface area contributed by atoms with Gasteiger partial charge >= 0.3 is 17.8 Å². The average molecular weight is 454 g/mol. The van der Waals surface area contributed by atoms with E-state index in [4.69, 9.17) is 4.74 Å². The summed E-state index contributed by atoms with van der Waals surface area (Å²) >= 11 is 0. The molecule has 33 heavy (non-hydrogen) atoms. The Bertz CT molecular complexity index is 969. The lowest BCUT2D eigenvalue weighted by molar-refractivity contribution is -0.136. The van der Waals surface area contributed by atoms with Crippen LogP contribution in [0.4, 0.5) is 21.9 Å². The lowest BCUT2D eigenvalue weighted by atomic mass is 9.97. The quantitative estimate of drug-likeness (QED) is 0.584. The highest BCUT2D eigenvalue weighted by atomic mass is 16.5. The molecule has 9 nitrogen and oxygen atoms in total. The summed E-state index contributed by atoms with van der Waals surface area (Å²) in [5, 5.41) is 8.20. The third kappa shape index (κ3) is 6.61. The van der Waals surface area contributed by atoms with Crippen LogP contribution < -0.4 is 25.6 Å². The first-order valence-corrected chi connectivity index (χ1v) is 10.9. The summed E-state index contributed by atoms with van der Waals surface area (Å²) in [5.74, 6) is -0.545. The monoisotopic (exact) mass is 453 g/mol. The van der Waals surface area contributed by atoms with E-state index in [0.717, 1.165) is 18.5 Å². The van der Waals surface area contributed by atoms with Gasteiger partial charge in [-0.05, 0) is 55.2 Å². The van der Waals surface area contributed by atoms with E-state index in [1.807, 2.05) is 43.3 Å². The second kappa shape index (κ2) is 11.2. The molecule has 0 spiro atoms. The number of anilines is 3. The molecule has 9 heteroatoms. The molecule has 0 atom stereocenters. The number of hydrogen-bond donors (Lipinski definition) is 3. The van der Waals surface area contributed by atoms with Gasteiger partial charge in [-0.1, -0.05) is 12.1 Å². The Morgan fingerprint density at radius 3 is 2.27 bits per heavy atom. The summed E-state index contributed by atoms with van der Waals surface area (Å²) in [5.41, 5.74) is 2.19. The summed E-state index contributed by atoms with van der Waals surface area (Å²) in [6.07, 6.45) is 1.49. The molecular weight excluding hydrogens is 422 g/mol. The summed E-state index contributed by atoms with van der Waals surface area (Å²) in [7, 11) is 5.42. The molecule has 0 saturated carbocycles. The van der Waals surface area contributed by atoms with Crippen molar-refractivity contribution in [2.24, 2.45) is 5.92 Å². The van der Waals surface area contributed by atoms with Crippen LogP contribution in [0.5, 0.6) is 5.75 Å². The Morgan fingerprint density at radius 1 is 0.970 bits per heavy atom. The van der Waals surface area contributed by atoms with Crippen molar-refractivity contribution < 1.29 is 19.1 Å². The highest BCUT2D eigenvalue weighted by molar-refractivity contribution is 6.39. The van der Waals surface area contributed by atoms with Crippen LogP contribution >= 0.6 is 0 Å². The molecule has 176 valence electrons. The Morgan fingerprint density at radius 2 is 1.64 bits per heavy atom. The Balaban J connectivity index is 1.40. The molecule has 1 aliphatic heterocycles. The molecule has 1 fully saturated rings. The number of amides is 4. The van der Waals surface area contributed by atoms with Crippen molar-refractivity contribution in [3.05, 3.63) is 48.5 Å². The SMILES string of the molecule is COc1ccccc1NC(=O)N1CCC(CNC(=O)C(=O)Nc2ccc(N(C)C)cc2)CC1. The van der Waals surface area contributed by atoms with Crippen LogP contribution in [0.2, 0.25) is 0 Å². The summed E-state index contributed by atoms with van der Waals surface area (Å²) < 4.78 is 5.27. The van der Waals surface area contributed by atoms with Gasteiger partial charge in [0.05, 0.1) is 12.8 Å². The van der Waals surface area contributed by atoms with Crippen LogP contribution in [0.25, 0.3) is 0 Å². The molecule has 0 radical (unpaired) electrons. The molecule has 3 N–H and O–H groups in total. The van der Waals surface area contributed by atoms with Gasteiger partial charge in [0.15, 0.2) is 0 Å². The highest BCUT2D eigenvalue weighted by Crippen LogP contribution is 2.24. The number of para-hydroxylation sites is 2. The van der Waals surface area contributed by atoms with Crippen molar-refractivity contribution in [3.8, 4) is 5.75 Å². The van der Waals surface area contributed by atoms with Gasteiger partial charge in [-0.2, -0.15) is 0 Å². The molecule has 1 heterocycles. The van der Waals surface area contributed by atoms with Crippen molar-refractivity contribution in [3.63, 3.8) is 0 Å². The van der Waals surface area contributed by atoms with E-state index in [1.54, 1.807) is 36.3 Å². The number of carbonyl (C=O) groups is 3. The number of urea groups is 1. The number of likely N-dealkylation sites (tertiary alicyclic amines) is 1. The number of piperidine rings is 1. The van der Waals surface area contributed by atoms with Gasteiger partial charge in [0.2, 0.25) is 0 Å². The van der Waals surface area contributed by atoms with Gasteiger partial charge in [0.25, 0.3) is 0 Å². The maximum absolute atomic E-state index is 12.6. The third-order valence-electron chi connectivity index (χ3n) is 5.65. The number of benzene rings is 2. The Kier molecular flexibility index (Phi) is 8.12. The molecule has 0 bridgehead atoms. The molecule has 0 aromatic heterocycles.